The fourth-order valence-electron chi connectivity index (χ4n) is 3.48. The Hall–Kier alpha value is -3.23. The summed E-state index contributed by atoms with van der Waals surface area (Å²) >= 11 is 0. The van der Waals surface area contributed by atoms with Crippen molar-refractivity contribution in [1.82, 2.24) is 19.7 Å². The van der Waals surface area contributed by atoms with Crippen molar-refractivity contribution in [3.8, 4) is 0 Å². The van der Waals surface area contributed by atoms with E-state index in [4.69, 9.17) is 0 Å². The summed E-state index contributed by atoms with van der Waals surface area (Å²) in [6, 6.07) is 2.97. The quantitative estimate of drug-likeness (QED) is 0.576. The highest BCUT2D eigenvalue weighted by molar-refractivity contribution is 5.87. The van der Waals surface area contributed by atoms with Gasteiger partial charge in [-0.05, 0) is 18.9 Å². The van der Waals surface area contributed by atoms with E-state index in [1.807, 2.05) is 18.1 Å². The molecular formula is C16H16N6O3. The second-order valence-corrected chi connectivity index (χ2v) is 6.15. The van der Waals surface area contributed by atoms with E-state index in [9.17, 15) is 14.9 Å². The molecule has 4 rings (SSSR count). The van der Waals surface area contributed by atoms with Crippen molar-refractivity contribution in [2.24, 2.45) is 7.05 Å². The molecule has 0 bridgehead atoms. The largest absolute Gasteiger partial charge is 0.359 e. The third kappa shape index (κ3) is 2.53. The van der Waals surface area contributed by atoms with Crippen LogP contribution >= 0.6 is 0 Å². The number of nitro groups is 1. The molecule has 1 fully saturated rings. The zero-order valence-corrected chi connectivity index (χ0v) is 13.5. The van der Waals surface area contributed by atoms with Crippen LogP contribution in [0.4, 0.5) is 11.4 Å². The molecule has 1 aliphatic heterocycles. The van der Waals surface area contributed by atoms with Gasteiger partial charge in [0.15, 0.2) is 0 Å². The molecule has 0 radical (unpaired) electrons. The highest BCUT2D eigenvalue weighted by Gasteiger charge is 2.32. The summed E-state index contributed by atoms with van der Waals surface area (Å²) in [6.07, 6.45) is 6.85. The fourth-order valence-corrected chi connectivity index (χ4v) is 3.48. The van der Waals surface area contributed by atoms with Crippen LogP contribution in [0.25, 0.3) is 10.9 Å². The predicted octanol–water partition coefficient (Wildman–Crippen LogP) is 1.91. The summed E-state index contributed by atoms with van der Waals surface area (Å²) < 4.78 is 1.72. The first-order valence-electron chi connectivity index (χ1n) is 7.95. The summed E-state index contributed by atoms with van der Waals surface area (Å²) in [5.41, 5.74) is 1.49. The van der Waals surface area contributed by atoms with Crippen molar-refractivity contribution in [3.05, 3.63) is 56.9 Å². The smallest absolute Gasteiger partial charge is 0.293 e. The zero-order valence-electron chi connectivity index (χ0n) is 13.5. The predicted molar refractivity (Wildman–Crippen MR) is 91.5 cm³/mol. The number of hydrogen-bond acceptors (Lipinski definition) is 6. The van der Waals surface area contributed by atoms with E-state index < -0.39 is 4.92 Å². The lowest BCUT2D eigenvalue weighted by Gasteiger charge is -2.26. The molecule has 3 heterocycles. The minimum atomic E-state index is -0.445. The van der Waals surface area contributed by atoms with Crippen LogP contribution < -0.4 is 10.5 Å². The Morgan fingerprint density at radius 2 is 2.24 bits per heavy atom. The molecule has 1 unspecified atom stereocenters. The maximum Gasteiger partial charge on any atom is 0.293 e. The summed E-state index contributed by atoms with van der Waals surface area (Å²) in [5.74, 6) is 0. The van der Waals surface area contributed by atoms with Crippen LogP contribution in [0.1, 0.15) is 24.4 Å². The molecule has 0 saturated carbocycles. The number of nitro benzene ring substituents is 1. The summed E-state index contributed by atoms with van der Waals surface area (Å²) in [4.78, 5) is 31.7. The van der Waals surface area contributed by atoms with Gasteiger partial charge in [0, 0.05) is 31.4 Å². The van der Waals surface area contributed by atoms with Crippen molar-refractivity contribution in [1.29, 1.82) is 0 Å². The Balaban J connectivity index is 1.88. The normalized spacial score (nSPS) is 17.3. The third-order valence-corrected chi connectivity index (χ3v) is 4.61. The number of anilines is 1. The lowest BCUT2D eigenvalue weighted by Crippen LogP contribution is -2.23. The highest BCUT2D eigenvalue weighted by Crippen LogP contribution is 2.41. The number of H-pyrrole nitrogens is 1. The number of benzene rings is 1. The number of nitrogens with zero attached hydrogens (tertiary/aromatic N) is 5. The first kappa shape index (κ1) is 15.3. The van der Waals surface area contributed by atoms with Gasteiger partial charge in [-0.25, -0.2) is 4.98 Å². The molecule has 128 valence electrons. The molecule has 1 atom stereocenters. The van der Waals surface area contributed by atoms with Crippen LogP contribution in [0.2, 0.25) is 0 Å². The van der Waals surface area contributed by atoms with Crippen LogP contribution in [0.15, 0.2) is 35.6 Å². The van der Waals surface area contributed by atoms with Crippen molar-refractivity contribution in [2.75, 3.05) is 11.4 Å². The lowest BCUT2D eigenvalue weighted by molar-refractivity contribution is -0.384. The van der Waals surface area contributed by atoms with Gasteiger partial charge in [0.05, 0.1) is 34.4 Å². The average Bonchev–Trinajstić information content (AvgIpc) is 3.22. The molecule has 0 amide bonds. The molecule has 9 heteroatoms. The Kier molecular flexibility index (Phi) is 3.48. The summed E-state index contributed by atoms with van der Waals surface area (Å²) in [5, 5.41) is 16.0. The van der Waals surface area contributed by atoms with Gasteiger partial charge in [-0.15, -0.1) is 0 Å². The number of aromatic amines is 1. The van der Waals surface area contributed by atoms with E-state index in [1.165, 1.54) is 12.4 Å². The number of hydrogen-bond donors (Lipinski definition) is 1. The summed E-state index contributed by atoms with van der Waals surface area (Å²) in [6.45, 7) is 0.703. The van der Waals surface area contributed by atoms with Gasteiger partial charge < -0.3 is 9.88 Å². The van der Waals surface area contributed by atoms with Crippen LogP contribution in [-0.4, -0.2) is 31.2 Å². The van der Waals surface area contributed by atoms with Gasteiger partial charge in [-0.2, -0.15) is 5.10 Å². The second kappa shape index (κ2) is 5.69. The molecule has 0 spiro atoms. The number of rotatable bonds is 3. The Morgan fingerprint density at radius 1 is 1.40 bits per heavy atom. The van der Waals surface area contributed by atoms with E-state index in [0.717, 1.165) is 18.4 Å². The van der Waals surface area contributed by atoms with Gasteiger partial charge in [0.1, 0.15) is 5.69 Å². The molecule has 0 aliphatic carbocycles. The van der Waals surface area contributed by atoms with E-state index in [1.54, 1.807) is 16.9 Å². The van der Waals surface area contributed by atoms with Gasteiger partial charge in [-0.1, -0.05) is 0 Å². The van der Waals surface area contributed by atoms with Crippen LogP contribution in [0.3, 0.4) is 0 Å². The van der Waals surface area contributed by atoms with Crippen LogP contribution in [0, 0.1) is 10.1 Å². The SMILES string of the molecule is Cn1cc(C2CCCN2c2cc3nc[nH]c(=O)c3cc2[N+](=O)[O-])cn1. The second-order valence-electron chi connectivity index (χ2n) is 6.15. The molecule has 1 N–H and O–H groups in total. The number of aromatic nitrogens is 4. The third-order valence-electron chi connectivity index (χ3n) is 4.61. The van der Waals surface area contributed by atoms with Crippen molar-refractivity contribution in [2.45, 2.75) is 18.9 Å². The maximum absolute atomic E-state index is 11.9. The van der Waals surface area contributed by atoms with Crippen LogP contribution in [0.5, 0.6) is 0 Å². The Labute approximate surface area is 142 Å². The van der Waals surface area contributed by atoms with E-state index in [-0.39, 0.29) is 22.7 Å². The molecule has 1 saturated heterocycles. The maximum atomic E-state index is 11.9. The molecular weight excluding hydrogens is 324 g/mol. The standard InChI is InChI=1S/C16H16N6O3/c1-20-8-10(7-19-20)13-3-2-4-21(13)14-6-12-11(5-15(14)22(24)25)16(23)18-9-17-12/h5-9,13H,2-4H2,1H3,(H,17,18,23). The number of nitrogens with one attached hydrogen (secondary N) is 1. The average molecular weight is 340 g/mol. The zero-order chi connectivity index (χ0) is 17.6. The minimum Gasteiger partial charge on any atom is -0.359 e. The minimum absolute atomic E-state index is 0.0202. The number of fused-ring (bicyclic) bond motifs is 1. The molecule has 25 heavy (non-hydrogen) atoms. The van der Waals surface area contributed by atoms with E-state index in [0.29, 0.717) is 17.7 Å². The first-order chi connectivity index (χ1) is 12.0. The van der Waals surface area contributed by atoms with Crippen molar-refractivity contribution >= 4 is 22.3 Å². The molecule has 9 nitrogen and oxygen atoms in total. The Morgan fingerprint density at radius 3 is 2.96 bits per heavy atom. The Bertz CT molecular complexity index is 1020. The van der Waals surface area contributed by atoms with Gasteiger partial charge >= 0.3 is 0 Å². The number of aryl methyl sites for hydroxylation is 1. The van der Waals surface area contributed by atoms with E-state index >= 15 is 0 Å². The van der Waals surface area contributed by atoms with Gasteiger partial charge in [0.2, 0.25) is 0 Å². The first-order valence-corrected chi connectivity index (χ1v) is 7.95. The molecule has 2 aromatic heterocycles. The van der Waals surface area contributed by atoms with Crippen molar-refractivity contribution < 1.29 is 4.92 Å². The van der Waals surface area contributed by atoms with Crippen molar-refractivity contribution in [3.63, 3.8) is 0 Å². The monoisotopic (exact) mass is 340 g/mol. The topological polar surface area (TPSA) is 110 Å². The lowest BCUT2D eigenvalue weighted by atomic mass is 10.1. The fraction of sp³-hybridized carbons (Fsp3) is 0.312. The highest BCUT2D eigenvalue weighted by atomic mass is 16.6. The molecule has 3 aromatic rings. The van der Waals surface area contributed by atoms with E-state index in [2.05, 4.69) is 15.1 Å². The molecule has 1 aromatic carbocycles. The van der Waals surface area contributed by atoms with Gasteiger partial charge in [0.25, 0.3) is 11.2 Å². The molecule has 1 aliphatic rings. The van der Waals surface area contributed by atoms with Gasteiger partial charge in [-0.3, -0.25) is 19.6 Å². The summed E-state index contributed by atoms with van der Waals surface area (Å²) in [7, 11) is 1.84. The van der Waals surface area contributed by atoms with Crippen LogP contribution in [-0.2, 0) is 7.05 Å².